The van der Waals surface area contributed by atoms with E-state index in [2.05, 4.69) is 24.5 Å². The summed E-state index contributed by atoms with van der Waals surface area (Å²) in [4.78, 5) is 92.8. The highest BCUT2D eigenvalue weighted by Gasteiger charge is 2.43. The molecule has 0 bridgehead atoms. The van der Waals surface area contributed by atoms with Gasteiger partial charge in [-0.25, -0.2) is 4.79 Å². The summed E-state index contributed by atoms with van der Waals surface area (Å²) in [6, 6.07) is 7.85. The molecule has 14 atom stereocenters. The van der Waals surface area contributed by atoms with Gasteiger partial charge in [0.2, 0.25) is 17.7 Å². The van der Waals surface area contributed by atoms with E-state index >= 15 is 0 Å². The normalized spacial score (nSPS) is 19.3. The second-order valence-corrected chi connectivity index (χ2v) is 22.4. The van der Waals surface area contributed by atoms with Crippen LogP contribution >= 0.6 is 12.4 Å². The number of ether oxygens (including phenoxy) is 7. The van der Waals surface area contributed by atoms with Gasteiger partial charge in [-0.3, -0.25) is 28.8 Å². The molecule has 20 nitrogen and oxygen atoms in total. The molecule has 2 heterocycles. The molecule has 0 spiro atoms. The standard InChI is InChI=1S/C27H50N2O6.C23H36N2O6.C11H21NO3.ClH/c1-11-18(5)24(28(8)26(31)19(6)17(3)4)22(33-9)16-23(30)29-15-13-14-21(29)25(34-10)20(7)27(32)35-12-2;1-7-16(4)21(18(30-6)13-19(26)27)25(5)22(28)20(15(2)3)24-23(29)31-14-17-11-9-8-10-12-17;1-4-15-11(13)8(2)10(14-3)9-6-5-7-12-9;/h17-22,24-25H,11-16H2,1-10H3;8-12,15-16,18,20-21H,7,13-14H2,1-6H3,(H,24,29)(H,26,27);8-10,12H,4-7H2,1-3H3;1H/t18-,19-,20+,21-,22+,24-,25+;16-,18+,20-,21-;8-,9+,10-;/m001./s1. The number of amides is 4. The van der Waals surface area contributed by atoms with Gasteiger partial charge in [0.1, 0.15) is 12.6 Å². The molecule has 474 valence electrons. The number of hydrogen-bond acceptors (Lipinski definition) is 15. The maximum Gasteiger partial charge on any atom is 0.408 e. The van der Waals surface area contributed by atoms with E-state index in [1.165, 1.54) is 12.0 Å². The van der Waals surface area contributed by atoms with E-state index < -0.39 is 48.4 Å². The predicted octanol–water partition coefficient (Wildman–Crippen LogP) is 8.44. The Morgan fingerprint density at radius 3 is 1.57 bits per heavy atom. The number of rotatable bonds is 31. The molecule has 2 aliphatic heterocycles. The fraction of sp³-hybridized carbons (Fsp3) is 0.787. The zero-order chi connectivity index (χ0) is 61.7. The summed E-state index contributed by atoms with van der Waals surface area (Å²) in [7, 11) is 9.74. The zero-order valence-corrected chi connectivity index (χ0v) is 54.0. The lowest BCUT2D eigenvalue weighted by molar-refractivity contribution is -0.156. The molecular weight excluding hydrogens is 1080 g/mol. The van der Waals surface area contributed by atoms with Crippen LogP contribution in [0, 0.1) is 41.4 Å². The highest BCUT2D eigenvalue weighted by molar-refractivity contribution is 5.86. The van der Waals surface area contributed by atoms with Crippen LogP contribution in [0.4, 0.5) is 4.79 Å². The third-order valence-corrected chi connectivity index (χ3v) is 16.3. The molecule has 2 fully saturated rings. The van der Waals surface area contributed by atoms with Crippen LogP contribution in [-0.2, 0) is 68.5 Å². The summed E-state index contributed by atoms with van der Waals surface area (Å²) in [5.74, 6) is -2.38. The Morgan fingerprint density at radius 2 is 1.15 bits per heavy atom. The second-order valence-electron chi connectivity index (χ2n) is 22.4. The number of halogens is 1. The number of carbonyl (C=O) groups is 7. The molecule has 0 aliphatic carbocycles. The molecule has 2 saturated heterocycles. The van der Waals surface area contributed by atoms with Crippen LogP contribution in [0.1, 0.15) is 147 Å². The average Bonchev–Trinajstić information content (AvgIpc) is 4.24. The van der Waals surface area contributed by atoms with Crippen molar-refractivity contribution in [1.82, 2.24) is 25.3 Å². The molecule has 3 rings (SSSR count). The van der Waals surface area contributed by atoms with Crippen molar-refractivity contribution in [1.29, 1.82) is 0 Å². The lowest BCUT2D eigenvalue weighted by Gasteiger charge is -2.40. The van der Waals surface area contributed by atoms with Crippen LogP contribution in [0.25, 0.3) is 0 Å². The summed E-state index contributed by atoms with van der Waals surface area (Å²) in [6.07, 6.45) is 3.09. The van der Waals surface area contributed by atoms with Gasteiger partial charge in [0.25, 0.3) is 0 Å². The first-order valence-electron chi connectivity index (χ1n) is 29.5. The van der Waals surface area contributed by atoms with E-state index in [4.69, 9.17) is 33.2 Å². The van der Waals surface area contributed by atoms with Crippen LogP contribution < -0.4 is 10.6 Å². The molecular formula is C61H108ClN5O15. The highest BCUT2D eigenvalue weighted by Crippen LogP contribution is 2.31. The topological polar surface area (TPSA) is 238 Å². The number of carbonyl (C=O) groups excluding carboxylic acids is 6. The molecule has 0 saturated carbocycles. The Hall–Kier alpha value is -4.60. The van der Waals surface area contributed by atoms with Crippen molar-refractivity contribution < 1.29 is 71.8 Å². The van der Waals surface area contributed by atoms with E-state index in [1.807, 2.05) is 105 Å². The summed E-state index contributed by atoms with van der Waals surface area (Å²) < 4.78 is 37.9. The lowest BCUT2D eigenvalue weighted by Crippen LogP contribution is -2.57. The first kappa shape index (κ1) is 77.4. The summed E-state index contributed by atoms with van der Waals surface area (Å²) >= 11 is 0. The van der Waals surface area contributed by atoms with Crippen LogP contribution in [0.5, 0.6) is 0 Å². The third kappa shape index (κ3) is 24.2. The van der Waals surface area contributed by atoms with E-state index in [-0.39, 0.29) is 121 Å². The van der Waals surface area contributed by atoms with Gasteiger partial charge in [-0.1, -0.05) is 105 Å². The third-order valence-electron chi connectivity index (χ3n) is 16.3. The number of alkyl carbamates (subject to hydrolysis) is 1. The number of nitrogens with zero attached hydrogens (tertiary/aromatic N) is 3. The predicted molar refractivity (Wildman–Crippen MR) is 319 cm³/mol. The Kier molecular flexibility index (Phi) is 38.3. The van der Waals surface area contributed by atoms with Crippen LogP contribution in [0.3, 0.4) is 0 Å². The number of esters is 2. The quantitative estimate of drug-likeness (QED) is 0.0467. The Balaban J connectivity index is 0.00000128. The van der Waals surface area contributed by atoms with E-state index in [9.17, 15) is 38.7 Å². The lowest BCUT2D eigenvalue weighted by atomic mass is 9.88. The number of aliphatic carboxylic acids is 1. The molecule has 1 aromatic rings. The van der Waals surface area contributed by atoms with E-state index in [0.717, 1.165) is 50.6 Å². The van der Waals surface area contributed by atoms with Crippen molar-refractivity contribution in [2.45, 2.75) is 203 Å². The van der Waals surface area contributed by atoms with Gasteiger partial charge >= 0.3 is 24.0 Å². The minimum Gasteiger partial charge on any atom is -0.481 e. The first-order valence-corrected chi connectivity index (χ1v) is 29.5. The first-order chi connectivity index (χ1) is 38.3. The number of likely N-dealkylation sites (tertiary alicyclic amines) is 1. The Labute approximate surface area is 498 Å². The van der Waals surface area contributed by atoms with Gasteiger partial charge in [-0.15, -0.1) is 12.4 Å². The summed E-state index contributed by atoms with van der Waals surface area (Å²) in [6.45, 7) is 27.5. The number of methoxy groups -OCH3 is 4. The van der Waals surface area contributed by atoms with Gasteiger partial charge in [-0.2, -0.15) is 0 Å². The van der Waals surface area contributed by atoms with E-state index in [0.29, 0.717) is 19.8 Å². The van der Waals surface area contributed by atoms with Crippen molar-refractivity contribution in [2.24, 2.45) is 41.4 Å². The molecule has 3 N–H and O–H groups in total. The van der Waals surface area contributed by atoms with Gasteiger partial charge in [-0.05, 0) is 89.2 Å². The number of carboxylic acids is 1. The Morgan fingerprint density at radius 1 is 0.646 bits per heavy atom. The zero-order valence-electron chi connectivity index (χ0n) is 53.2. The largest absolute Gasteiger partial charge is 0.481 e. The minimum atomic E-state index is -0.996. The van der Waals surface area contributed by atoms with Gasteiger partial charge in [0.15, 0.2) is 0 Å². The molecule has 0 unspecified atom stereocenters. The highest BCUT2D eigenvalue weighted by atomic mass is 35.5. The number of hydrogen-bond donors (Lipinski definition) is 3. The fourth-order valence-corrected chi connectivity index (χ4v) is 10.8. The molecule has 82 heavy (non-hydrogen) atoms. The molecule has 4 amide bonds. The maximum absolute atomic E-state index is 13.6. The summed E-state index contributed by atoms with van der Waals surface area (Å²) in [5.41, 5.74) is 0.843. The monoisotopic (exact) mass is 1190 g/mol. The van der Waals surface area contributed by atoms with Gasteiger partial charge in [0.05, 0.1) is 80.4 Å². The molecule has 0 aromatic heterocycles. The van der Waals surface area contributed by atoms with Crippen molar-refractivity contribution in [3.63, 3.8) is 0 Å². The second kappa shape index (κ2) is 40.6. The molecule has 0 radical (unpaired) electrons. The van der Waals surface area contributed by atoms with Crippen molar-refractivity contribution in [3.05, 3.63) is 35.9 Å². The van der Waals surface area contributed by atoms with Crippen molar-refractivity contribution >= 4 is 54.1 Å². The fourth-order valence-electron chi connectivity index (χ4n) is 10.8. The molecule has 1 aromatic carbocycles. The van der Waals surface area contributed by atoms with Crippen LogP contribution in [0.2, 0.25) is 0 Å². The van der Waals surface area contributed by atoms with Crippen LogP contribution in [0.15, 0.2) is 30.3 Å². The Bertz CT molecular complexity index is 2010. The van der Waals surface area contributed by atoms with Crippen LogP contribution in [-0.4, -0.2) is 185 Å². The van der Waals surface area contributed by atoms with E-state index in [1.54, 1.807) is 47.1 Å². The molecule has 21 heteroatoms. The SMILES string of the molecule is CCOC(=O)[C@H](C)[C@@H](OC)[C@@H]1CCCN1.CCOC(=O)[C@H](C)[C@@H](OC)[C@@H]1CCCN1C(=O)C[C@@H](OC)[C@H]([C@@H](C)CC)N(C)C(=O)[C@@H](C)C(C)C.CC[C@H](C)[C@@H]([C@@H](CC(=O)O)OC)N(C)C(=O)[C@@H](NC(=O)OCc1ccccc1)C(C)C.Cl. The minimum absolute atomic E-state index is 0. The van der Waals surface area contributed by atoms with Gasteiger partial charge < -0.3 is 63.6 Å². The number of likely N-dealkylation sites (N-methyl/N-ethyl adjacent to an activating group) is 2. The van der Waals surface area contributed by atoms with Crippen molar-refractivity contribution in [2.75, 3.05) is 68.8 Å². The maximum atomic E-state index is 13.6. The van der Waals surface area contributed by atoms with Gasteiger partial charge in [0, 0.05) is 61.0 Å². The summed E-state index contributed by atoms with van der Waals surface area (Å²) in [5, 5.41) is 15.3. The van der Waals surface area contributed by atoms with Crippen molar-refractivity contribution in [3.8, 4) is 0 Å². The number of benzene rings is 1. The number of nitrogens with one attached hydrogen (secondary N) is 2. The number of carboxylic acid groups (broad SMARTS) is 1. The molecule has 2 aliphatic rings. The average molecular weight is 1190 g/mol. The smallest absolute Gasteiger partial charge is 0.408 e.